The van der Waals surface area contributed by atoms with Crippen LogP contribution >= 0.6 is 0 Å². The van der Waals surface area contributed by atoms with Crippen LogP contribution in [0.25, 0.3) is 0 Å². The van der Waals surface area contributed by atoms with Crippen molar-refractivity contribution < 1.29 is 9.50 Å². The molecule has 3 N–H and O–H groups in total. The van der Waals surface area contributed by atoms with Crippen molar-refractivity contribution in [2.75, 3.05) is 6.54 Å². The van der Waals surface area contributed by atoms with Gasteiger partial charge in [-0.25, -0.2) is 4.39 Å². The highest BCUT2D eigenvalue weighted by molar-refractivity contribution is 5.30. The molecule has 1 aromatic carbocycles. The molecule has 0 aliphatic rings. The van der Waals surface area contributed by atoms with Crippen molar-refractivity contribution in [2.45, 2.75) is 38.7 Å². The van der Waals surface area contributed by atoms with Gasteiger partial charge in [0.05, 0.1) is 6.10 Å². The second-order valence-electron chi connectivity index (χ2n) is 5.08. The van der Waals surface area contributed by atoms with Gasteiger partial charge in [-0.2, -0.15) is 0 Å². The Morgan fingerprint density at radius 1 is 1.38 bits per heavy atom. The zero-order chi connectivity index (χ0) is 12.3. The van der Waals surface area contributed by atoms with Crippen molar-refractivity contribution in [3.05, 3.63) is 35.1 Å². The Morgan fingerprint density at radius 3 is 2.44 bits per heavy atom. The van der Waals surface area contributed by atoms with Gasteiger partial charge in [0.15, 0.2) is 0 Å². The van der Waals surface area contributed by atoms with E-state index >= 15 is 0 Å². The summed E-state index contributed by atoms with van der Waals surface area (Å²) >= 11 is 0. The number of nitrogens with two attached hydrogens (primary N) is 1. The van der Waals surface area contributed by atoms with Gasteiger partial charge < -0.3 is 10.8 Å². The van der Waals surface area contributed by atoms with Crippen LogP contribution in [0.1, 0.15) is 44.4 Å². The molecule has 0 aliphatic carbocycles. The lowest BCUT2D eigenvalue weighted by Crippen LogP contribution is -2.14. The quantitative estimate of drug-likeness (QED) is 0.830. The van der Waals surface area contributed by atoms with Gasteiger partial charge >= 0.3 is 0 Å². The summed E-state index contributed by atoms with van der Waals surface area (Å²) in [6.07, 6.45) is -0.220. The summed E-state index contributed by atoms with van der Waals surface area (Å²) in [7, 11) is 0. The largest absolute Gasteiger partial charge is 0.388 e. The Bertz CT molecular complexity index is 357. The highest BCUT2D eigenvalue weighted by atomic mass is 19.1. The maximum absolute atomic E-state index is 13.8. The molecule has 0 bridgehead atoms. The fourth-order valence-corrected chi connectivity index (χ4v) is 1.67. The maximum atomic E-state index is 13.8. The third-order valence-corrected chi connectivity index (χ3v) is 2.63. The first kappa shape index (κ1) is 13.1. The summed E-state index contributed by atoms with van der Waals surface area (Å²) in [5.74, 6) is -0.263. The Morgan fingerprint density at radius 2 is 2.00 bits per heavy atom. The van der Waals surface area contributed by atoms with Crippen molar-refractivity contribution in [1.82, 2.24) is 0 Å². The van der Waals surface area contributed by atoms with Crippen LogP contribution in [0, 0.1) is 5.82 Å². The van der Waals surface area contributed by atoms with Gasteiger partial charge in [-0.05, 0) is 35.6 Å². The van der Waals surface area contributed by atoms with Crippen molar-refractivity contribution in [3.63, 3.8) is 0 Å². The van der Waals surface area contributed by atoms with Gasteiger partial charge in [0.1, 0.15) is 5.82 Å². The molecule has 0 heterocycles. The average Bonchev–Trinajstić information content (AvgIpc) is 2.16. The second kappa shape index (κ2) is 4.93. The van der Waals surface area contributed by atoms with E-state index in [4.69, 9.17) is 5.73 Å². The van der Waals surface area contributed by atoms with Gasteiger partial charge in [0.25, 0.3) is 0 Å². The highest BCUT2D eigenvalue weighted by Crippen LogP contribution is 2.27. The standard InChI is InChI=1S/C13H20FNO/c1-13(2,3)10-5-4-9(8-11(10)14)12(16)6-7-15/h4-5,8,12,16H,6-7,15H2,1-3H3. The molecule has 0 saturated carbocycles. The van der Waals surface area contributed by atoms with Crippen LogP contribution in [0.3, 0.4) is 0 Å². The van der Waals surface area contributed by atoms with E-state index in [1.54, 1.807) is 12.1 Å². The number of aliphatic hydroxyl groups is 1. The highest BCUT2D eigenvalue weighted by Gasteiger charge is 2.19. The molecule has 0 amide bonds. The molecule has 90 valence electrons. The van der Waals surface area contributed by atoms with E-state index in [0.717, 1.165) is 0 Å². The summed E-state index contributed by atoms with van der Waals surface area (Å²) in [5.41, 5.74) is 6.39. The van der Waals surface area contributed by atoms with Crippen molar-refractivity contribution in [1.29, 1.82) is 0 Å². The first-order valence-corrected chi connectivity index (χ1v) is 5.54. The molecule has 0 spiro atoms. The number of rotatable bonds is 3. The normalized spacial score (nSPS) is 13.9. The van der Waals surface area contributed by atoms with Gasteiger partial charge in [-0.1, -0.05) is 32.9 Å². The zero-order valence-electron chi connectivity index (χ0n) is 10.1. The first-order chi connectivity index (χ1) is 7.36. The van der Waals surface area contributed by atoms with Gasteiger partial charge in [-0.3, -0.25) is 0 Å². The lowest BCUT2D eigenvalue weighted by atomic mass is 9.85. The van der Waals surface area contributed by atoms with Gasteiger partial charge in [0, 0.05) is 0 Å². The summed E-state index contributed by atoms with van der Waals surface area (Å²) in [5, 5.41) is 9.69. The molecule has 1 rings (SSSR count). The number of aliphatic hydroxyl groups excluding tert-OH is 1. The van der Waals surface area contributed by atoms with E-state index in [1.807, 2.05) is 20.8 Å². The Hall–Kier alpha value is -0.930. The Balaban J connectivity index is 3.00. The summed E-state index contributed by atoms with van der Waals surface area (Å²) in [6.45, 7) is 6.27. The van der Waals surface area contributed by atoms with E-state index < -0.39 is 6.10 Å². The molecule has 0 radical (unpaired) electrons. The van der Waals surface area contributed by atoms with Gasteiger partial charge in [-0.15, -0.1) is 0 Å². The molecular formula is C13H20FNO. The Kier molecular flexibility index (Phi) is 4.05. The molecule has 16 heavy (non-hydrogen) atoms. The van der Waals surface area contributed by atoms with E-state index in [1.165, 1.54) is 6.07 Å². The smallest absolute Gasteiger partial charge is 0.127 e. The topological polar surface area (TPSA) is 46.2 Å². The maximum Gasteiger partial charge on any atom is 0.127 e. The minimum Gasteiger partial charge on any atom is -0.388 e. The zero-order valence-corrected chi connectivity index (χ0v) is 10.1. The van der Waals surface area contributed by atoms with Crippen LogP contribution in [0.2, 0.25) is 0 Å². The third kappa shape index (κ3) is 3.03. The van der Waals surface area contributed by atoms with E-state index in [2.05, 4.69) is 0 Å². The summed E-state index contributed by atoms with van der Waals surface area (Å²) < 4.78 is 13.8. The molecule has 0 fully saturated rings. The van der Waals surface area contributed by atoms with Crippen LogP contribution in [-0.4, -0.2) is 11.7 Å². The number of hydrogen-bond acceptors (Lipinski definition) is 2. The lowest BCUT2D eigenvalue weighted by Gasteiger charge is -2.21. The van der Waals surface area contributed by atoms with E-state index in [9.17, 15) is 9.50 Å². The van der Waals surface area contributed by atoms with Crippen LogP contribution in [-0.2, 0) is 5.41 Å². The SMILES string of the molecule is CC(C)(C)c1ccc(C(O)CCN)cc1F. The van der Waals surface area contributed by atoms with Crippen molar-refractivity contribution in [3.8, 4) is 0 Å². The fraction of sp³-hybridized carbons (Fsp3) is 0.538. The van der Waals surface area contributed by atoms with Crippen LogP contribution in [0.5, 0.6) is 0 Å². The van der Waals surface area contributed by atoms with Crippen LogP contribution < -0.4 is 5.73 Å². The minimum atomic E-state index is -0.673. The predicted molar refractivity (Wildman–Crippen MR) is 63.7 cm³/mol. The van der Waals surface area contributed by atoms with Crippen LogP contribution in [0.4, 0.5) is 4.39 Å². The van der Waals surface area contributed by atoms with Crippen molar-refractivity contribution >= 4 is 0 Å². The fourth-order valence-electron chi connectivity index (χ4n) is 1.67. The van der Waals surface area contributed by atoms with Crippen LogP contribution in [0.15, 0.2) is 18.2 Å². The number of halogens is 1. The molecule has 3 heteroatoms. The summed E-state index contributed by atoms with van der Waals surface area (Å²) in [6, 6.07) is 4.91. The van der Waals surface area contributed by atoms with E-state index in [0.29, 0.717) is 24.1 Å². The molecule has 0 saturated heterocycles. The molecule has 2 nitrogen and oxygen atoms in total. The monoisotopic (exact) mass is 225 g/mol. The minimum absolute atomic E-state index is 0.221. The number of benzene rings is 1. The third-order valence-electron chi connectivity index (χ3n) is 2.63. The Labute approximate surface area is 96.3 Å². The molecule has 1 unspecified atom stereocenters. The van der Waals surface area contributed by atoms with E-state index in [-0.39, 0.29) is 11.2 Å². The van der Waals surface area contributed by atoms with Gasteiger partial charge in [0.2, 0.25) is 0 Å². The molecule has 1 aromatic rings. The van der Waals surface area contributed by atoms with Crippen molar-refractivity contribution in [2.24, 2.45) is 5.73 Å². The molecule has 1 atom stereocenters. The summed E-state index contributed by atoms with van der Waals surface area (Å²) in [4.78, 5) is 0. The molecule has 0 aliphatic heterocycles. The second-order valence-corrected chi connectivity index (χ2v) is 5.08. The molecule has 0 aromatic heterocycles. The first-order valence-electron chi connectivity index (χ1n) is 5.54. The predicted octanol–water partition coefficient (Wildman–Crippen LogP) is 2.51. The average molecular weight is 225 g/mol. The lowest BCUT2D eigenvalue weighted by molar-refractivity contribution is 0.170. The number of hydrogen-bond donors (Lipinski definition) is 2. The molecular weight excluding hydrogens is 205 g/mol.